The molecule has 1 saturated heterocycles. The van der Waals surface area contributed by atoms with Crippen molar-refractivity contribution in [3.8, 4) is 0 Å². The quantitative estimate of drug-likeness (QED) is 0.803. The van der Waals surface area contributed by atoms with E-state index in [9.17, 15) is 9.18 Å². The van der Waals surface area contributed by atoms with Gasteiger partial charge in [0.2, 0.25) is 0 Å². The van der Waals surface area contributed by atoms with Gasteiger partial charge < -0.3 is 10.0 Å². The Morgan fingerprint density at radius 3 is 3.00 bits per heavy atom. The number of halogens is 1. The van der Waals surface area contributed by atoms with E-state index in [1.165, 1.54) is 0 Å². The zero-order valence-corrected chi connectivity index (χ0v) is 15.9. The molecule has 2 atom stereocenters. The minimum Gasteiger partial charge on any atom is -0.478 e. The highest BCUT2D eigenvalue weighted by Crippen LogP contribution is 2.24. The van der Waals surface area contributed by atoms with E-state index in [2.05, 4.69) is 14.8 Å². The number of carboxylic acids is 1. The lowest BCUT2D eigenvalue weighted by molar-refractivity contribution is 0.0696. The Hall–Kier alpha value is -1.83. The van der Waals surface area contributed by atoms with Crippen molar-refractivity contribution in [2.75, 3.05) is 20.1 Å². The molecule has 1 aliphatic heterocycles. The van der Waals surface area contributed by atoms with Crippen LogP contribution in [0, 0.1) is 6.92 Å². The first-order chi connectivity index (χ1) is 12.4. The molecule has 1 N–H and O–H groups in total. The first-order valence-corrected chi connectivity index (χ1v) is 9.58. The third kappa shape index (κ3) is 4.87. The number of likely N-dealkylation sites (N-methyl/N-ethyl adjacent to an activating group) is 1. The van der Waals surface area contributed by atoms with Crippen LogP contribution < -0.4 is 0 Å². The summed E-state index contributed by atoms with van der Waals surface area (Å²) in [6.07, 6.45) is -0.272. The molecule has 3 rings (SSSR count). The number of thiazole rings is 1. The Bertz CT molecular complexity index is 767. The predicted molar refractivity (Wildman–Crippen MR) is 100 cm³/mol. The normalized spacial score (nSPS) is 20.8. The van der Waals surface area contributed by atoms with Gasteiger partial charge in [-0.1, -0.05) is 12.1 Å². The van der Waals surface area contributed by atoms with E-state index in [1.54, 1.807) is 29.5 Å². The van der Waals surface area contributed by atoms with E-state index >= 15 is 0 Å². The van der Waals surface area contributed by atoms with Crippen molar-refractivity contribution in [3.05, 3.63) is 51.5 Å². The Morgan fingerprint density at radius 2 is 2.31 bits per heavy atom. The lowest BCUT2D eigenvalue weighted by Crippen LogP contribution is -2.38. The van der Waals surface area contributed by atoms with Crippen molar-refractivity contribution in [1.82, 2.24) is 14.8 Å². The van der Waals surface area contributed by atoms with Crippen molar-refractivity contribution in [2.45, 2.75) is 38.6 Å². The van der Waals surface area contributed by atoms with E-state index in [-0.39, 0.29) is 6.04 Å². The van der Waals surface area contributed by atoms with Crippen LogP contribution in [0.3, 0.4) is 0 Å². The number of nitrogens with zero attached hydrogens (tertiary/aromatic N) is 3. The fraction of sp³-hybridized carbons (Fsp3) is 0.474. The summed E-state index contributed by atoms with van der Waals surface area (Å²) in [7, 11) is 1.99. The number of alkyl halides is 1. The molecule has 1 fully saturated rings. The maximum Gasteiger partial charge on any atom is 0.335 e. The van der Waals surface area contributed by atoms with Crippen molar-refractivity contribution in [3.63, 3.8) is 0 Å². The SMILES string of the molecule is Cc1nc(CN2C[C@@H](F)C[C@H]2CN(C)Cc2cccc(C(=O)O)c2)cs1. The van der Waals surface area contributed by atoms with E-state index in [0.29, 0.717) is 31.6 Å². The van der Waals surface area contributed by atoms with Crippen LogP contribution in [-0.2, 0) is 13.1 Å². The molecular weight excluding hydrogens is 353 g/mol. The van der Waals surface area contributed by atoms with Gasteiger partial charge >= 0.3 is 5.97 Å². The Labute approximate surface area is 157 Å². The summed E-state index contributed by atoms with van der Waals surface area (Å²) < 4.78 is 14.0. The summed E-state index contributed by atoms with van der Waals surface area (Å²) in [6.45, 7) is 4.48. The first-order valence-electron chi connectivity index (χ1n) is 8.70. The second-order valence-electron chi connectivity index (χ2n) is 6.98. The third-order valence-electron chi connectivity index (χ3n) is 4.66. The standard InChI is InChI=1S/C19H24FN3O2S/c1-13-21-17(12-26-13)10-23-9-16(20)7-18(23)11-22(2)8-14-4-3-5-15(6-14)19(24)25/h3-6,12,16,18H,7-11H2,1-2H3,(H,24,25)/t16-,18-/m0/s1. The van der Waals surface area contributed by atoms with Crippen LogP contribution in [0.2, 0.25) is 0 Å². The minimum atomic E-state index is -0.921. The second kappa shape index (κ2) is 8.24. The molecule has 2 heterocycles. The number of likely N-dealkylation sites (tertiary alicyclic amines) is 1. The van der Waals surface area contributed by atoms with Gasteiger partial charge in [-0.15, -0.1) is 11.3 Å². The van der Waals surface area contributed by atoms with Crippen molar-refractivity contribution in [2.24, 2.45) is 0 Å². The average Bonchev–Trinajstić information content (AvgIpc) is 3.13. The molecular formula is C19H24FN3O2S. The molecule has 140 valence electrons. The number of aryl methyl sites for hydroxylation is 1. The van der Waals surface area contributed by atoms with Gasteiger partial charge in [0.05, 0.1) is 16.3 Å². The molecule has 0 aliphatic carbocycles. The summed E-state index contributed by atoms with van der Waals surface area (Å²) in [4.78, 5) is 19.9. The summed E-state index contributed by atoms with van der Waals surface area (Å²) >= 11 is 1.62. The van der Waals surface area contributed by atoms with E-state index in [0.717, 1.165) is 22.8 Å². The molecule has 2 aromatic rings. The van der Waals surface area contributed by atoms with Gasteiger partial charge in [0.25, 0.3) is 0 Å². The number of benzene rings is 1. The maximum absolute atomic E-state index is 14.0. The molecule has 1 aromatic heterocycles. The highest BCUT2D eigenvalue weighted by Gasteiger charge is 2.33. The average molecular weight is 377 g/mol. The van der Waals surface area contributed by atoms with Gasteiger partial charge in [-0.3, -0.25) is 4.90 Å². The maximum atomic E-state index is 14.0. The summed E-state index contributed by atoms with van der Waals surface area (Å²) in [6, 6.07) is 7.11. The van der Waals surface area contributed by atoms with Gasteiger partial charge in [0.1, 0.15) is 6.17 Å². The van der Waals surface area contributed by atoms with Gasteiger partial charge in [-0.2, -0.15) is 0 Å². The van der Waals surface area contributed by atoms with E-state index in [4.69, 9.17) is 5.11 Å². The van der Waals surface area contributed by atoms with Gasteiger partial charge in [-0.25, -0.2) is 14.2 Å². The zero-order valence-electron chi connectivity index (χ0n) is 15.1. The summed E-state index contributed by atoms with van der Waals surface area (Å²) in [5.74, 6) is -0.921. The Kier molecular flexibility index (Phi) is 6.01. The predicted octanol–water partition coefficient (Wildman–Crippen LogP) is 3.19. The summed E-state index contributed by atoms with van der Waals surface area (Å²) in [5, 5.41) is 12.2. The summed E-state index contributed by atoms with van der Waals surface area (Å²) in [5.41, 5.74) is 2.24. The first kappa shape index (κ1) is 18.9. The largest absolute Gasteiger partial charge is 0.478 e. The number of hydrogen-bond acceptors (Lipinski definition) is 5. The molecule has 0 saturated carbocycles. The molecule has 0 unspecified atom stereocenters. The molecule has 0 amide bonds. The van der Waals surface area contributed by atoms with Crippen LogP contribution in [0.4, 0.5) is 4.39 Å². The molecule has 5 nitrogen and oxygen atoms in total. The van der Waals surface area contributed by atoms with E-state index < -0.39 is 12.1 Å². The zero-order chi connectivity index (χ0) is 18.7. The molecule has 1 aliphatic rings. The van der Waals surface area contributed by atoms with Crippen LogP contribution in [0.5, 0.6) is 0 Å². The topological polar surface area (TPSA) is 56.7 Å². The van der Waals surface area contributed by atoms with E-state index in [1.807, 2.05) is 25.4 Å². The molecule has 7 heteroatoms. The number of carboxylic acid groups (broad SMARTS) is 1. The van der Waals surface area contributed by atoms with Crippen molar-refractivity contribution >= 4 is 17.3 Å². The van der Waals surface area contributed by atoms with Crippen molar-refractivity contribution < 1.29 is 14.3 Å². The third-order valence-corrected chi connectivity index (χ3v) is 5.48. The number of aromatic carboxylic acids is 1. The number of rotatable bonds is 7. The highest BCUT2D eigenvalue weighted by atomic mass is 32.1. The smallest absolute Gasteiger partial charge is 0.335 e. The molecule has 26 heavy (non-hydrogen) atoms. The van der Waals surface area contributed by atoms with Gasteiger partial charge in [-0.05, 0) is 38.1 Å². The second-order valence-corrected chi connectivity index (χ2v) is 8.04. The molecule has 0 bridgehead atoms. The van der Waals surface area contributed by atoms with Gasteiger partial charge in [0, 0.05) is 37.6 Å². The minimum absolute atomic E-state index is 0.139. The number of carbonyl (C=O) groups is 1. The van der Waals surface area contributed by atoms with Crippen LogP contribution >= 0.6 is 11.3 Å². The highest BCUT2D eigenvalue weighted by molar-refractivity contribution is 7.09. The fourth-order valence-electron chi connectivity index (χ4n) is 3.53. The molecule has 1 aromatic carbocycles. The lowest BCUT2D eigenvalue weighted by atomic mass is 10.1. The van der Waals surface area contributed by atoms with Crippen LogP contribution in [0.1, 0.15) is 33.0 Å². The Morgan fingerprint density at radius 1 is 1.50 bits per heavy atom. The molecule has 0 spiro atoms. The van der Waals surface area contributed by atoms with Crippen LogP contribution in [0.25, 0.3) is 0 Å². The monoisotopic (exact) mass is 377 g/mol. The van der Waals surface area contributed by atoms with Crippen LogP contribution in [0.15, 0.2) is 29.6 Å². The number of hydrogen-bond donors (Lipinski definition) is 1. The molecule has 0 radical (unpaired) electrons. The van der Waals surface area contributed by atoms with Crippen molar-refractivity contribution in [1.29, 1.82) is 0 Å². The number of aromatic nitrogens is 1. The Balaban J connectivity index is 1.60. The van der Waals surface area contributed by atoms with Crippen LogP contribution in [-0.4, -0.2) is 58.2 Å². The fourth-order valence-corrected chi connectivity index (χ4v) is 4.14. The van der Waals surface area contributed by atoms with Gasteiger partial charge in [0.15, 0.2) is 0 Å². The lowest BCUT2D eigenvalue weighted by Gasteiger charge is -2.28.